The summed E-state index contributed by atoms with van der Waals surface area (Å²) in [5, 5.41) is 2.27. The van der Waals surface area contributed by atoms with Gasteiger partial charge in [-0.1, -0.05) is 35.3 Å². The van der Waals surface area contributed by atoms with Crippen molar-refractivity contribution >= 4 is 34.1 Å². The summed E-state index contributed by atoms with van der Waals surface area (Å²) in [7, 11) is 0. The molecule has 0 spiro atoms. The van der Waals surface area contributed by atoms with Crippen LogP contribution in [-0.4, -0.2) is 4.98 Å². The lowest BCUT2D eigenvalue weighted by Crippen LogP contribution is -2.12. The van der Waals surface area contributed by atoms with Crippen LogP contribution in [0.3, 0.4) is 0 Å². The quantitative estimate of drug-likeness (QED) is 0.746. The van der Waals surface area contributed by atoms with E-state index in [4.69, 9.17) is 23.2 Å². The molecule has 0 bridgehead atoms. The van der Waals surface area contributed by atoms with Gasteiger partial charge < -0.3 is 4.98 Å². The van der Waals surface area contributed by atoms with Crippen LogP contribution >= 0.6 is 23.2 Å². The lowest BCUT2D eigenvalue weighted by molar-refractivity contribution is 1.12. The number of aromatic nitrogens is 1. The number of benzene rings is 2. The minimum Gasteiger partial charge on any atom is -0.322 e. The van der Waals surface area contributed by atoms with Crippen molar-refractivity contribution in [3.05, 3.63) is 80.1 Å². The molecule has 0 radical (unpaired) electrons. The van der Waals surface area contributed by atoms with E-state index in [1.807, 2.05) is 42.5 Å². The molecule has 1 heterocycles. The molecule has 20 heavy (non-hydrogen) atoms. The van der Waals surface area contributed by atoms with Crippen LogP contribution in [0.1, 0.15) is 11.1 Å². The lowest BCUT2D eigenvalue weighted by atomic mass is 10.0. The molecule has 1 aromatic heterocycles. The average molecular weight is 304 g/mol. The van der Waals surface area contributed by atoms with Crippen LogP contribution in [0.2, 0.25) is 10.0 Å². The molecule has 3 rings (SSSR count). The van der Waals surface area contributed by atoms with E-state index < -0.39 is 0 Å². The molecule has 4 heteroatoms. The number of halogens is 2. The topological polar surface area (TPSA) is 32.9 Å². The zero-order valence-electron chi connectivity index (χ0n) is 10.5. The van der Waals surface area contributed by atoms with Gasteiger partial charge in [-0.25, -0.2) is 0 Å². The van der Waals surface area contributed by atoms with Gasteiger partial charge in [0.1, 0.15) is 0 Å². The number of aromatic amines is 1. The Balaban J connectivity index is 2.04. The van der Waals surface area contributed by atoms with E-state index in [-0.39, 0.29) is 5.56 Å². The molecule has 0 amide bonds. The molecule has 0 fully saturated rings. The third-order valence-corrected chi connectivity index (χ3v) is 3.68. The zero-order chi connectivity index (χ0) is 14.1. The number of H-pyrrole nitrogens is 1. The van der Waals surface area contributed by atoms with Gasteiger partial charge >= 0.3 is 0 Å². The van der Waals surface area contributed by atoms with Crippen molar-refractivity contribution in [1.82, 2.24) is 4.98 Å². The number of hydrogen-bond donors (Lipinski definition) is 1. The Morgan fingerprint density at radius 2 is 1.60 bits per heavy atom. The van der Waals surface area contributed by atoms with Gasteiger partial charge in [0.2, 0.25) is 0 Å². The van der Waals surface area contributed by atoms with Crippen LogP contribution in [-0.2, 0) is 6.42 Å². The first-order chi connectivity index (χ1) is 9.61. The first kappa shape index (κ1) is 13.2. The molecule has 0 unspecified atom stereocenters. The standard InChI is InChI=1S/C16H11Cl2NO/c17-13-3-1-10(2-4-13)7-12-8-11-9-14(18)5-6-15(11)19-16(12)20/h1-6,8-9H,7H2,(H,19,20). The molecule has 0 aliphatic carbocycles. The summed E-state index contributed by atoms with van der Waals surface area (Å²) in [6.07, 6.45) is 0.564. The summed E-state index contributed by atoms with van der Waals surface area (Å²) in [5.74, 6) is 0. The van der Waals surface area contributed by atoms with Crippen LogP contribution in [0.4, 0.5) is 0 Å². The fraction of sp³-hybridized carbons (Fsp3) is 0.0625. The van der Waals surface area contributed by atoms with Gasteiger partial charge in [-0.2, -0.15) is 0 Å². The number of fused-ring (bicyclic) bond motifs is 1. The third kappa shape index (κ3) is 2.72. The Morgan fingerprint density at radius 3 is 2.35 bits per heavy atom. The monoisotopic (exact) mass is 303 g/mol. The van der Waals surface area contributed by atoms with Crippen molar-refractivity contribution in [2.75, 3.05) is 0 Å². The van der Waals surface area contributed by atoms with E-state index in [0.29, 0.717) is 22.0 Å². The molecule has 0 aliphatic rings. The lowest BCUT2D eigenvalue weighted by Gasteiger charge is -2.04. The van der Waals surface area contributed by atoms with Crippen molar-refractivity contribution < 1.29 is 0 Å². The number of rotatable bonds is 2. The highest BCUT2D eigenvalue weighted by Crippen LogP contribution is 2.18. The van der Waals surface area contributed by atoms with Crippen molar-refractivity contribution in [3.8, 4) is 0 Å². The van der Waals surface area contributed by atoms with E-state index in [0.717, 1.165) is 16.5 Å². The van der Waals surface area contributed by atoms with Gasteiger partial charge in [-0.15, -0.1) is 0 Å². The fourth-order valence-electron chi connectivity index (χ4n) is 2.18. The molecular weight excluding hydrogens is 293 g/mol. The molecule has 0 saturated carbocycles. The summed E-state index contributed by atoms with van der Waals surface area (Å²) in [6, 6.07) is 14.8. The Morgan fingerprint density at radius 1 is 0.900 bits per heavy atom. The van der Waals surface area contributed by atoms with Gasteiger partial charge in [-0.05, 0) is 47.3 Å². The maximum absolute atomic E-state index is 12.1. The summed E-state index contributed by atoms with van der Waals surface area (Å²) >= 11 is 11.8. The second-order valence-corrected chi connectivity index (χ2v) is 5.53. The maximum atomic E-state index is 12.1. The molecule has 0 saturated heterocycles. The van der Waals surface area contributed by atoms with Gasteiger partial charge in [0.05, 0.1) is 0 Å². The van der Waals surface area contributed by atoms with Gasteiger partial charge in [0, 0.05) is 27.5 Å². The van der Waals surface area contributed by atoms with Crippen molar-refractivity contribution in [2.24, 2.45) is 0 Å². The number of nitrogens with one attached hydrogen (secondary N) is 1. The van der Waals surface area contributed by atoms with E-state index in [2.05, 4.69) is 4.98 Å². The van der Waals surface area contributed by atoms with Crippen molar-refractivity contribution in [1.29, 1.82) is 0 Å². The minimum atomic E-state index is -0.0743. The number of pyridine rings is 1. The second kappa shape index (κ2) is 5.31. The smallest absolute Gasteiger partial charge is 0.251 e. The normalized spacial score (nSPS) is 10.9. The van der Waals surface area contributed by atoms with Crippen LogP contribution in [0, 0.1) is 0 Å². The van der Waals surface area contributed by atoms with Crippen molar-refractivity contribution in [2.45, 2.75) is 6.42 Å². The highest BCUT2D eigenvalue weighted by atomic mass is 35.5. The van der Waals surface area contributed by atoms with E-state index >= 15 is 0 Å². The largest absolute Gasteiger partial charge is 0.322 e. The predicted molar refractivity (Wildman–Crippen MR) is 83.8 cm³/mol. The van der Waals surface area contributed by atoms with Gasteiger partial charge in [0.15, 0.2) is 0 Å². The molecule has 0 atom stereocenters. The van der Waals surface area contributed by atoms with E-state index in [1.165, 1.54) is 0 Å². The predicted octanol–water partition coefficient (Wildman–Crippen LogP) is 4.43. The summed E-state index contributed by atoms with van der Waals surface area (Å²) < 4.78 is 0. The summed E-state index contributed by atoms with van der Waals surface area (Å²) in [4.78, 5) is 15.0. The van der Waals surface area contributed by atoms with E-state index in [9.17, 15) is 4.79 Å². The SMILES string of the molecule is O=c1[nH]c2ccc(Cl)cc2cc1Cc1ccc(Cl)cc1. The van der Waals surface area contributed by atoms with E-state index in [1.54, 1.807) is 6.07 Å². The Hall–Kier alpha value is -1.77. The van der Waals surface area contributed by atoms with Gasteiger partial charge in [-0.3, -0.25) is 4.79 Å². The molecule has 3 aromatic rings. The minimum absolute atomic E-state index is 0.0743. The second-order valence-electron chi connectivity index (χ2n) is 4.66. The fourth-order valence-corrected chi connectivity index (χ4v) is 2.48. The number of hydrogen-bond acceptors (Lipinski definition) is 1. The Labute approximate surface area is 126 Å². The molecular formula is C16H11Cl2NO. The summed E-state index contributed by atoms with van der Waals surface area (Å²) in [6.45, 7) is 0. The molecule has 100 valence electrons. The first-order valence-electron chi connectivity index (χ1n) is 6.18. The zero-order valence-corrected chi connectivity index (χ0v) is 12.0. The molecule has 1 N–H and O–H groups in total. The Kier molecular flexibility index (Phi) is 3.51. The van der Waals surface area contributed by atoms with Crippen LogP contribution in [0.5, 0.6) is 0 Å². The van der Waals surface area contributed by atoms with Crippen LogP contribution in [0.15, 0.2) is 53.3 Å². The highest BCUT2D eigenvalue weighted by Gasteiger charge is 2.05. The summed E-state index contributed by atoms with van der Waals surface area (Å²) in [5.41, 5.74) is 2.47. The molecule has 2 aromatic carbocycles. The first-order valence-corrected chi connectivity index (χ1v) is 6.93. The molecule has 0 aliphatic heterocycles. The average Bonchev–Trinajstić information content (AvgIpc) is 2.42. The van der Waals surface area contributed by atoms with Crippen LogP contribution in [0.25, 0.3) is 10.9 Å². The highest BCUT2D eigenvalue weighted by molar-refractivity contribution is 6.31. The van der Waals surface area contributed by atoms with Gasteiger partial charge in [0.25, 0.3) is 5.56 Å². The molecule has 2 nitrogen and oxygen atoms in total. The van der Waals surface area contributed by atoms with Crippen molar-refractivity contribution in [3.63, 3.8) is 0 Å². The third-order valence-electron chi connectivity index (χ3n) is 3.19. The van der Waals surface area contributed by atoms with Crippen LogP contribution < -0.4 is 5.56 Å². The Bertz CT molecular complexity index is 822. The maximum Gasteiger partial charge on any atom is 0.251 e.